The SMILES string of the molecule is COC(C)(C)CC(=O)N[C@@H]1CCCC[C@H]1N. The van der Waals surface area contributed by atoms with Gasteiger partial charge in [-0.1, -0.05) is 12.8 Å². The Labute approximate surface area is 97.9 Å². The molecule has 0 aromatic heterocycles. The van der Waals surface area contributed by atoms with Gasteiger partial charge in [0.15, 0.2) is 0 Å². The molecule has 0 aromatic rings. The van der Waals surface area contributed by atoms with Crippen LogP contribution in [-0.2, 0) is 9.53 Å². The summed E-state index contributed by atoms with van der Waals surface area (Å²) in [6.07, 6.45) is 4.73. The lowest BCUT2D eigenvalue weighted by atomic mass is 9.90. The van der Waals surface area contributed by atoms with Crippen molar-refractivity contribution < 1.29 is 9.53 Å². The van der Waals surface area contributed by atoms with E-state index in [1.165, 1.54) is 6.42 Å². The molecule has 4 nitrogen and oxygen atoms in total. The lowest BCUT2D eigenvalue weighted by Crippen LogP contribution is -2.50. The van der Waals surface area contributed by atoms with Gasteiger partial charge in [0, 0.05) is 19.2 Å². The van der Waals surface area contributed by atoms with Gasteiger partial charge in [-0.2, -0.15) is 0 Å². The van der Waals surface area contributed by atoms with E-state index in [1.54, 1.807) is 7.11 Å². The Morgan fingerprint density at radius 2 is 2.06 bits per heavy atom. The molecule has 0 aliphatic heterocycles. The van der Waals surface area contributed by atoms with Crippen molar-refractivity contribution in [1.82, 2.24) is 5.32 Å². The number of methoxy groups -OCH3 is 1. The molecule has 1 aliphatic rings. The number of carbonyl (C=O) groups is 1. The molecule has 0 aromatic carbocycles. The number of nitrogens with two attached hydrogens (primary N) is 1. The Bertz CT molecular complexity index is 241. The van der Waals surface area contributed by atoms with Crippen molar-refractivity contribution in [1.29, 1.82) is 0 Å². The van der Waals surface area contributed by atoms with Crippen LogP contribution in [0.15, 0.2) is 0 Å². The van der Waals surface area contributed by atoms with Crippen LogP contribution in [0.2, 0.25) is 0 Å². The van der Waals surface area contributed by atoms with Crippen molar-refractivity contribution in [3.8, 4) is 0 Å². The van der Waals surface area contributed by atoms with Crippen LogP contribution in [0.4, 0.5) is 0 Å². The van der Waals surface area contributed by atoms with Gasteiger partial charge >= 0.3 is 0 Å². The minimum absolute atomic E-state index is 0.0363. The molecule has 4 heteroatoms. The molecular formula is C12H24N2O2. The third-order valence-corrected chi connectivity index (χ3v) is 3.30. The summed E-state index contributed by atoms with van der Waals surface area (Å²) in [5.41, 5.74) is 5.58. The summed E-state index contributed by atoms with van der Waals surface area (Å²) in [5.74, 6) is 0.0363. The second-order valence-corrected chi connectivity index (χ2v) is 5.26. The Balaban J connectivity index is 2.38. The molecule has 0 bridgehead atoms. The van der Waals surface area contributed by atoms with Crippen LogP contribution in [-0.4, -0.2) is 30.7 Å². The van der Waals surface area contributed by atoms with Crippen LogP contribution in [0.25, 0.3) is 0 Å². The summed E-state index contributed by atoms with van der Waals surface area (Å²) in [7, 11) is 1.62. The summed E-state index contributed by atoms with van der Waals surface area (Å²) < 4.78 is 5.23. The normalized spacial score (nSPS) is 26.5. The fourth-order valence-corrected chi connectivity index (χ4v) is 2.06. The van der Waals surface area contributed by atoms with Gasteiger partial charge in [0.25, 0.3) is 0 Å². The highest BCUT2D eigenvalue weighted by Crippen LogP contribution is 2.18. The summed E-state index contributed by atoms with van der Waals surface area (Å²) >= 11 is 0. The largest absolute Gasteiger partial charge is 0.378 e. The maximum atomic E-state index is 11.8. The van der Waals surface area contributed by atoms with E-state index in [2.05, 4.69) is 5.32 Å². The molecular weight excluding hydrogens is 204 g/mol. The first-order chi connectivity index (χ1) is 7.44. The standard InChI is InChI=1S/C12H24N2O2/c1-12(2,16-3)8-11(15)14-10-7-5-4-6-9(10)13/h9-10H,4-8,13H2,1-3H3,(H,14,15)/t9-,10-/m1/s1. The lowest BCUT2D eigenvalue weighted by molar-refractivity contribution is -0.127. The van der Waals surface area contributed by atoms with Crippen LogP contribution in [0.3, 0.4) is 0 Å². The van der Waals surface area contributed by atoms with Gasteiger partial charge in [0.1, 0.15) is 0 Å². The zero-order chi connectivity index (χ0) is 12.2. The van der Waals surface area contributed by atoms with Crippen LogP contribution in [0.1, 0.15) is 46.0 Å². The first-order valence-corrected chi connectivity index (χ1v) is 6.05. The summed E-state index contributed by atoms with van der Waals surface area (Å²) in [6, 6.07) is 0.261. The summed E-state index contributed by atoms with van der Waals surface area (Å²) in [4.78, 5) is 11.8. The van der Waals surface area contributed by atoms with Gasteiger partial charge in [-0.3, -0.25) is 4.79 Å². The van der Waals surface area contributed by atoms with E-state index in [0.29, 0.717) is 6.42 Å². The number of nitrogens with one attached hydrogen (secondary N) is 1. The zero-order valence-electron chi connectivity index (χ0n) is 10.6. The number of ether oxygens (including phenoxy) is 1. The first-order valence-electron chi connectivity index (χ1n) is 6.05. The third-order valence-electron chi connectivity index (χ3n) is 3.30. The van der Waals surface area contributed by atoms with E-state index < -0.39 is 5.60 Å². The number of hydrogen-bond donors (Lipinski definition) is 2. The summed E-state index contributed by atoms with van der Waals surface area (Å²) in [5, 5.41) is 3.02. The number of rotatable bonds is 4. The van der Waals surface area contributed by atoms with E-state index in [4.69, 9.17) is 10.5 Å². The van der Waals surface area contributed by atoms with Crippen molar-refractivity contribution in [2.24, 2.45) is 5.73 Å². The van der Waals surface area contributed by atoms with Gasteiger partial charge in [-0.15, -0.1) is 0 Å². The molecule has 94 valence electrons. The second kappa shape index (κ2) is 5.64. The predicted octanol–water partition coefficient (Wildman–Crippen LogP) is 1.19. The summed E-state index contributed by atoms with van der Waals surface area (Å²) in [6.45, 7) is 3.82. The molecule has 2 atom stereocenters. The molecule has 1 rings (SSSR count). The fraction of sp³-hybridized carbons (Fsp3) is 0.917. The molecule has 1 fully saturated rings. The highest BCUT2D eigenvalue weighted by atomic mass is 16.5. The molecule has 1 aliphatic carbocycles. The van der Waals surface area contributed by atoms with E-state index in [0.717, 1.165) is 19.3 Å². The molecule has 0 saturated heterocycles. The Hall–Kier alpha value is -0.610. The van der Waals surface area contributed by atoms with Gasteiger partial charge < -0.3 is 15.8 Å². The van der Waals surface area contributed by atoms with E-state index in [-0.39, 0.29) is 18.0 Å². The predicted molar refractivity (Wildman–Crippen MR) is 64.1 cm³/mol. The first kappa shape index (κ1) is 13.5. The Kier molecular flexibility index (Phi) is 4.74. The van der Waals surface area contributed by atoms with Gasteiger partial charge in [0.05, 0.1) is 12.0 Å². The average Bonchev–Trinajstić information content (AvgIpc) is 2.21. The van der Waals surface area contributed by atoms with Gasteiger partial charge in [0.2, 0.25) is 5.91 Å². The minimum atomic E-state index is -0.400. The smallest absolute Gasteiger partial charge is 0.223 e. The zero-order valence-corrected chi connectivity index (χ0v) is 10.6. The van der Waals surface area contributed by atoms with Crippen LogP contribution in [0, 0.1) is 0 Å². The monoisotopic (exact) mass is 228 g/mol. The van der Waals surface area contributed by atoms with Crippen molar-refractivity contribution in [3.05, 3.63) is 0 Å². The number of hydrogen-bond acceptors (Lipinski definition) is 3. The van der Waals surface area contributed by atoms with Crippen molar-refractivity contribution >= 4 is 5.91 Å². The highest BCUT2D eigenvalue weighted by molar-refractivity contribution is 5.77. The van der Waals surface area contributed by atoms with E-state index >= 15 is 0 Å². The molecule has 0 heterocycles. The molecule has 16 heavy (non-hydrogen) atoms. The van der Waals surface area contributed by atoms with Crippen LogP contribution < -0.4 is 11.1 Å². The van der Waals surface area contributed by atoms with Gasteiger partial charge in [-0.25, -0.2) is 0 Å². The maximum absolute atomic E-state index is 11.8. The van der Waals surface area contributed by atoms with Crippen molar-refractivity contribution in [2.45, 2.75) is 63.6 Å². The fourth-order valence-electron chi connectivity index (χ4n) is 2.06. The minimum Gasteiger partial charge on any atom is -0.378 e. The highest BCUT2D eigenvalue weighted by Gasteiger charge is 2.26. The van der Waals surface area contributed by atoms with Crippen molar-refractivity contribution in [2.75, 3.05) is 7.11 Å². The third kappa shape index (κ3) is 4.10. The van der Waals surface area contributed by atoms with E-state index in [9.17, 15) is 4.79 Å². The molecule has 3 N–H and O–H groups in total. The quantitative estimate of drug-likeness (QED) is 0.759. The molecule has 0 unspecified atom stereocenters. The Morgan fingerprint density at radius 3 is 2.62 bits per heavy atom. The molecule has 0 radical (unpaired) electrons. The lowest BCUT2D eigenvalue weighted by Gasteiger charge is -2.30. The molecule has 1 amide bonds. The van der Waals surface area contributed by atoms with E-state index in [1.807, 2.05) is 13.8 Å². The molecule has 1 saturated carbocycles. The maximum Gasteiger partial charge on any atom is 0.223 e. The van der Waals surface area contributed by atoms with Crippen LogP contribution >= 0.6 is 0 Å². The Morgan fingerprint density at radius 1 is 1.44 bits per heavy atom. The second-order valence-electron chi connectivity index (χ2n) is 5.26. The van der Waals surface area contributed by atoms with Crippen LogP contribution in [0.5, 0.6) is 0 Å². The average molecular weight is 228 g/mol. The van der Waals surface area contributed by atoms with Crippen molar-refractivity contribution in [3.63, 3.8) is 0 Å². The molecule has 0 spiro atoms. The number of amides is 1. The van der Waals surface area contributed by atoms with Gasteiger partial charge in [-0.05, 0) is 26.7 Å². The topological polar surface area (TPSA) is 64.3 Å². The number of carbonyl (C=O) groups excluding carboxylic acids is 1.